The summed E-state index contributed by atoms with van der Waals surface area (Å²) >= 11 is 3.35. The van der Waals surface area contributed by atoms with E-state index in [-0.39, 0.29) is 42.1 Å². The second-order valence-corrected chi connectivity index (χ2v) is 11.2. The van der Waals surface area contributed by atoms with Gasteiger partial charge in [0.15, 0.2) is 23.6 Å². The smallest absolute Gasteiger partial charge is 0.259 e. The maximum atomic E-state index is 14.4. The van der Waals surface area contributed by atoms with E-state index in [0.29, 0.717) is 4.47 Å². The molecule has 7 atom stereocenters. The third-order valence-electron chi connectivity index (χ3n) is 7.63. The lowest BCUT2D eigenvalue weighted by Crippen LogP contribution is -2.63. The van der Waals surface area contributed by atoms with Crippen molar-refractivity contribution < 1.29 is 47.5 Å². The molecule has 2 saturated heterocycles. The Bertz CT molecular complexity index is 1550. The van der Waals surface area contributed by atoms with Gasteiger partial charge in [-0.25, -0.2) is 17.9 Å². The molecular formula is C28H27BrF3N5O7. The normalized spacial score (nSPS) is 27.1. The lowest BCUT2D eigenvalue weighted by atomic mass is 9.90. The number of halogens is 4. The quantitative estimate of drug-likeness (QED) is 0.314. The Morgan fingerprint density at radius 1 is 1.23 bits per heavy atom. The third-order valence-corrected chi connectivity index (χ3v) is 8.09. The monoisotopic (exact) mass is 681 g/mol. The summed E-state index contributed by atoms with van der Waals surface area (Å²) in [6.45, 7) is -0.542. The van der Waals surface area contributed by atoms with Crippen LogP contribution >= 0.6 is 15.9 Å². The van der Waals surface area contributed by atoms with Gasteiger partial charge in [-0.15, -0.1) is 5.10 Å². The highest BCUT2D eigenvalue weighted by Gasteiger charge is 2.52. The second kappa shape index (κ2) is 13.3. The van der Waals surface area contributed by atoms with Gasteiger partial charge in [-0.1, -0.05) is 21.1 Å². The Balaban J connectivity index is 1.56. The molecule has 2 aliphatic heterocycles. The lowest BCUT2D eigenvalue weighted by Gasteiger charge is -2.46. The van der Waals surface area contributed by atoms with Crippen LogP contribution in [-0.2, 0) is 19.0 Å². The van der Waals surface area contributed by atoms with Crippen molar-refractivity contribution in [3.05, 3.63) is 64.0 Å². The number of ether oxygens (including phenoxy) is 3. The molecule has 0 saturated carbocycles. The Hall–Kier alpha value is -3.43. The van der Waals surface area contributed by atoms with Crippen LogP contribution in [0, 0.1) is 28.8 Å². The van der Waals surface area contributed by atoms with Crippen LogP contribution in [0.15, 0.2) is 41.0 Å². The number of nitrogens with zero attached hydrogens (tertiary/aromatic N) is 5. The average molecular weight is 682 g/mol. The zero-order valence-corrected chi connectivity index (χ0v) is 24.6. The highest BCUT2D eigenvalue weighted by molar-refractivity contribution is 9.10. The van der Waals surface area contributed by atoms with Gasteiger partial charge in [0.05, 0.1) is 43.2 Å². The van der Waals surface area contributed by atoms with Crippen LogP contribution in [0.4, 0.5) is 18.9 Å². The van der Waals surface area contributed by atoms with Crippen molar-refractivity contribution in [1.29, 1.82) is 5.26 Å². The number of rotatable bonds is 7. The van der Waals surface area contributed by atoms with E-state index in [2.05, 4.69) is 26.2 Å². The number of methoxy groups -OCH3 is 1. The summed E-state index contributed by atoms with van der Waals surface area (Å²) < 4.78 is 59.9. The van der Waals surface area contributed by atoms with Gasteiger partial charge in [0.25, 0.3) is 5.91 Å². The van der Waals surface area contributed by atoms with Gasteiger partial charge in [-0.05, 0) is 36.8 Å². The molecular weight excluding hydrogens is 655 g/mol. The summed E-state index contributed by atoms with van der Waals surface area (Å²) in [7, 11) is 1.26. The maximum Gasteiger partial charge on any atom is 0.259 e. The molecule has 3 N–H and O–H groups in total. The number of aliphatic hydroxyl groups is 3. The van der Waals surface area contributed by atoms with E-state index in [1.165, 1.54) is 24.3 Å². The van der Waals surface area contributed by atoms with Crippen molar-refractivity contribution >= 4 is 27.5 Å². The molecule has 2 aliphatic rings. The predicted octanol–water partition coefficient (Wildman–Crippen LogP) is 1.86. The van der Waals surface area contributed by atoms with Gasteiger partial charge < -0.3 is 34.4 Å². The molecule has 2 aromatic carbocycles. The van der Waals surface area contributed by atoms with Gasteiger partial charge in [0, 0.05) is 29.4 Å². The number of anilines is 1. The molecule has 0 spiro atoms. The fourth-order valence-corrected chi connectivity index (χ4v) is 6.01. The van der Waals surface area contributed by atoms with Gasteiger partial charge in [0.2, 0.25) is 0 Å². The highest BCUT2D eigenvalue weighted by atomic mass is 79.9. The Kier molecular flexibility index (Phi) is 9.65. The number of nitriles is 1. The minimum absolute atomic E-state index is 0.0559. The molecule has 5 rings (SSSR count). The maximum absolute atomic E-state index is 14.4. The molecule has 234 valence electrons. The molecule has 0 bridgehead atoms. The van der Waals surface area contributed by atoms with Crippen molar-refractivity contribution in [1.82, 2.24) is 15.0 Å². The number of carbonyl (C=O) groups is 1. The standard InChI is InChI=1S/C28H27BrF3N5O7/c1-42-26-24(36-10-19(34-35-36)14-6-17(30)23(32)18(31)7-14)25(40)22(11-38)44-27(26)28(41)37(20-2-3-43-12-21(20)39)16-5-13(9-33)4-15(29)8-16/h4-8,10,20-22,24-27,38-40H,2-3,11-12H2,1H3/t20-,21-,22?,24?,25?,26?,27?/m0/s1. The zero-order valence-electron chi connectivity index (χ0n) is 23.1. The molecule has 0 radical (unpaired) electrons. The summed E-state index contributed by atoms with van der Waals surface area (Å²) in [5.41, 5.74) is 0.269. The van der Waals surface area contributed by atoms with Gasteiger partial charge in [-0.2, -0.15) is 5.26 Å². The molecule has 1 amide bonds. The first-order chi connectivity index (χ1) is 21.1. The fourth-order valence-electron chi connectivity index (χ4n) is 5.53. The minimum atomic E-state index is -1.65. The molecule has 2 fully saturated rings. The summed E-state index contributed by atoms with van der Waals surface area (Å²) in [5, 5.41) is 49.6. The molecule has 3 aromatic rings. The molecule has 0 aliphatic carbocycles. The number of carbonyl (C=O) groups excluding carboxylic acids is 1. The van der Waals surface area contributed by atoms with Crippen LogP contribution in [-0.4, -0.2) is 99.7 Å². The number of benzene rings is 2. The van der Waals surface area contributed by atoms with Crippen LogP contribution in [0.5, 0.6) is 0 Å². The molecule has 12 nitrogen and oxygen atoms in total. The van der Waals surface area contributed by atoms with Crippen molar-refractivity contribution in [3.8, 4) is 17.3 Å². The Morgan fingerprint density at radius 2 is 1.95 bits per heavy atom. The van der Waals surface area contributed by atoms with Gasteiger partial charge >= 0.3 is 0 Å². The number of aromatic nitrogens is 3. The van der Waals surface area contributed by atoms with E-state index in [4.69, 9.17) is 14.2 Å². The third kappa shape index (κ3) is 6.09. The summed E-state index contributed by atoms with van der Waals surface area (Å²) in [4.78, 5) is 15.7. The van der Waals surface area contributed by atoms with Crippen LogP contribution in [0.2, 0.25) is 0 Å². The van der Waals surface area contributed by atoms with E-state index in [1.807, 2.05) is 6.07 Å². The van der Waals surface area contributed by atoms with Crippen LogP contribution in [0.1, 0.15) is 18.0 Å². The summed E-state index contributed by atoms with van der Waals surface area (Å²) in [5.74, 6) is -5.25. The first-order valence-electron chi connectivity index (χ1n) is 13.4. The first kappa shape index (κ1) is 32.0. The molecule has 44 heavy (non-hydrogen) atoms. The van der Waals surface area contributed by atoms with Crippen molar-refractivity contribution in [2.45, 2.75) is 49.0 Å². The van der Waals surface area contributed by atoms with Gasteiger partial charge in [0.1, 0.15) is 30.0 Å². The number of aliphatic hydroxyl groups excluding tert-OH is 3. The minimum Gasteiger partial charge on any atom is -0.394 e. The number of hydrogen-bond acceptors (Lipinski definition) is 10. The zero-order chi connectivity index (χ0) is 31.7. The highest BCUT2D eigenvalue weighted by Crippen LogP contribution is 2.36. The largest absolute Gasteiger partial charge is 0.394 e. The molecule has 3 heterocycles. The van der Waals surface area contributed by atoms with E-state index < -0.39 is 72.6 Å². The second-order valence-electron chi connectivity index (χ2n) is 10.3. The fraction of sp³-hybridized carbons (Fsp3) is 0.429. The number of hydrogen-bond donors (Lipinski definition) is 3. The SMILES string of the molecule is COC1C(C(=O)N(c2cc(Br)cc(C#N)c2)[C@H]2CCOC[C@@H]2O)OC(CO)C(O)C1n1cc(-c2cc(F)c(F)c(F)c2)nn1. The van der Waals surface area contributed by atoms with Crippen LogP contribution < -0.4 is 4.90 Å². The van der Waals surface area contributed by atoms with Crippen molar-refractivity contribution in [2.24, 2.45) is 0 Å². The molecule has 1 aromatic heterocycles. The van der Waals surface area contributed by atoms with E-state index in [1.54, 1.807) is 12.1 Å². The van der Waals surface area contributed by atoms with Crippen LogP contribution in [0.3, 0.4) is 0 Å². The van der Waals surface area contributed by atoms with Gasteiger partial charge in [-0.3, -0.25) is 4.79 Å². The van der Waals surface area contributed by atoms with Crippen molar-refractivity contribution in [3.63, 3.8) is 0 Å². The molecule has 16 heteroatoms. The van der Waals surface area contributed by atoms with E-state index in [0.717, 1.165) is 16.8 Å². The average Bonchev–Trinajstić information content (AvgIpc) is 3.50. The first-order valence-corrected chi connectivity index (χ1v) is 14.2. The summed E-state index contributed by atoms with van der Waals surface area (Å²) in [6.07, 6.45) is -5.27. The van der Waals surface area contributed by atoms with E-state index >= 15 is 0 Å². The Labute approximate surface area is 257 Å². The lowest BCUT2D eigenvalue weighted by molar-refractivity contribution is -0.211. The predicted molar refractivity (Wildman–Crippen MR) is 148 cm³/mol. The van der Waals surface area contributed by atoms with Crippen LogP contribution in [0.25, 0.3) is 11.3 Å². The summed E-state index contributed by atoms with van der Waals surface area (Å²) in [6, 6.07) is 6.06. The number of amides is 1. The topological polar surface area (TPSA) is 163 Å². The van der Waals surface area contributed by atoms with E-state index in [9.17, 15) is 38.5 Å². The molecule has 5 unspecified atom stereocenters. The Morgan fingerprint density at radius 3 is 2.59 bits per heavy atom. The van der Waals surface area contributed by atoms with Crippen molar-refractivity contribution in [2.75, 3.05) is 31.8 Å².